The molecule has 2 N–H and O–H groups in total. The summed E-state index contributed by atoms with van der Waals surface area (Å²) in [5.74, 6) is 0.324. The third-order valence-electron chi connectivity index (χ3n) is 4.34. The number of nitrogens with zero attached hydrogens (tertiary/aromatic N) is 3. The van der Waals surface area contributed by atoms with E-state index in [1.807, 2.05) is 0 Å². The molecule has 0 spiro atoms. The number of anilines is 2. The van der Waals surface area contributed by atoms with Crippen molar-refractivity contribution in [2.45, 2.75) is 6.36 Å². The first kappa shape index (κ1) is 21.8. The zero-order valence-corrected chi connectivity index (χ0v) is 17.1. The maximum absolute atomic E-state index is 12.3. The van der Waals surface area contributed by atoms with Gasteiger partial charge in [0.15, 0.2) is 11.4 Å². The van der Waals surface area contributed by atoms with Gasteiger partial charge in [-0.1, -0.05) is 0 Å². The highest BCUT2D eigenvalue weighted by Crippen LogP contribution is 2.28. The van der Waals surface area contributed by atoms with Crippen molar-refractivity contribution < 1.29 is 27.4 Å². The van der Waals surface area contributed by atoms with E-state index in [0.29, 0.717) is 28.1 Å². The molecule has 2 aromatic heterocycles. The monoisotopic (exact) mass is 455 g/mol. The van der Waals surface area contributed by atoms with Gasteiger partial charge in [0.05, 0.1) is 5.52 Å². The number of pyridine rings is 1. The van der Waals surface area contributed by atoms with E-state index in [1.54, 1.807) is 36.5 Å². The van der Waals surface area contributed by atoms with Gasteiger partial charge in [-0.15, -0.1) is 13.2 Å². The second-order valence-corrected chi connectivity index (χ2v) is 6.64. The predicted molar refractivity (Wildman–Crippen MR) is 114 cm³/mol. The van der Waals surface area contributed by atoms with E-state index in [2.05, 4.69) is 30.3 Å². The standard InChI is InChI=1S/C22H16F3N5O3/c1-26-20(31)19-18(3-2-10-27-19)32-16-8-9-17-13(11-16)12-28-21(30-17)29-14-4-6-15(7-5-14)33-22(23,24)25/h2-12H,1H3,(H,26,31)(H,28,29,30). The van der Waals surface area contributed by atoms with Crippen LogP contribution in [0.2, 0.25) is 0 Å². The summed E-state index contributed by atoms with van der Waals surface area (Å²) in [4.78, 5) is 24.6. The van der Waals surface area contributed by atoms with Crippen LogP contribution in [0.4, 0.5) is 24.8 Å². The number of rotatable bonds is 6. The third kappa shape index (κ3) is 5.45. The Bertz CT molecular complexity index is 1300. The molecule has 8 nitrogen and oxygen atoms in total. The topological polar surface area (TPSA) is 98.3 Å². The van der Waals surface area contributed by atoms with Crippen molar-refractivity contribution in [3.8, 4) is 17.2 Å². The molecule has 0 atom stereocenters. The first-order chi connectivity index (χ1) is 15.8. The van der Waals surface area contributed by atoms with Gasteiger partial charge in [0.25, 0.3) is 5.91 Å². The summed E-state index contributed by atoms with van der Waals surface area (Å²) < 4.78 is 46.5. The number of nitrogens with one attached hydrogen (secondary N) is 2. The smallest absolute Gasteiger partial charge is 0.455 e. The zero-order chi connectivity index (χ0) is 23.4. The van der Waals surface area contributed by atoms with Crippen LogP contribution >= 0.6 is 0 Å². The number of carbonyl (C=O) groups excluding carboxylic acids is 1. The highest BCUT2D eigenvalue weighted by atomic mass is 19.4. The van der Waals surface area contributed by atoms with Crippen LogP contribution < -0.4 is 20.1 Å². The number of alkyl halides is 3. The molecule has 0 saturated carbocycles. The molecule has 168 valence electrons. The van der Waals surface area contributed by atoms with Crippen molar-refractivity contribution in [1.29, 1.82) is 0 Å². The molecule has 0 unspecified atom stereocenters. The van der Waals surface area contributed by atoms with Crippen LogP contribution in [0.5, 0.6) is 17.2 Å². The summed E-state index contributed by atoms with van der Waals surface area (Å²) in [5, 5.41) is 6.11. The first-order valence-corrected chi connectivity index (χ1v) is 9.55. The summed E-state index contributed by atoms with van der Waals surface area (Å²) in [7, 11) is 1.50. The summed E-state index contributed by atoms with van der Waals surface area (Å²) in [5.41, 5.74) is 1.25. The molecule has 2 aromatic carbocycles. The van der Waals surface area contributed by atoms with Gasteiger partial charge in [-0.3, -0.25) is 4.79 Å². The fourth-order valence-corrected chi connectivity index (χ4v) is 2.89. The molecule has 0 aliphatic heterocycles. The lowest BCUT2D eigenvalue weighted by Gasteiger charge is -2.11. The molecule has 0 bridgehead atoms. The number of hydrogen-bond acceptors (Lipinski definition) is 7. The molecule has 0 radical (unpaired) electrons. The molecule has 0 aliphatic carbocycles. The van der Waals surface area contributed by atoms with E-state index in [-0.39, 0.29) is 23.3 Å². The molecule has 1 amide bonds. The molecule has 0 aliphatic rings. The van der Waals surface area contributed by atoms with Crippen molar-refractivity contribution in [2.75, 3.05) is 12.4 Å². The van der Waals surface area contributed by atoms with E-state index in [1.165, 1.54) is 37.5 Å². The van der Waals surface area contributed by atoms with Crippen LogP contribution in [0.15, 0.2) is 67.0 Å². The quantitative estimate of drug-likeness (QED) is 0.430. The van der Waals surface area contributed by atoms with Crippen molar-refractivity contribution in [3.63, 3.8) is 0 Å². The minimum absolute atomic E-state index is 0.155. The fourth-order valence-electron chi connectivity index (χ4n) is 2.89. The van der Waals surface area contributed by atoms with Crippen LogP contribution in [-0.2, 0) is 0 Å². The van der Waals surface area contributed by atoms with Crippen molar-refractivity contribution in [3.05, 3.63) is 72.7 Å². The zero-order valence-electron chi connectivity index (χ0n) is 17.1. The van der Waals surface area contributed by atoms with Gasteiger partial charge >= 0.3 is 6.36 Å². The maximum Gasteiger partial charge on any atom is 0.573 e. The Morgan fingerprint density at radius 1 is 1.00 bits per heavy atom. The van der Waals surface area contributed by atoms with Gasteiger partial charge < -0.3 is 20.1 Å². The third-order valence-corrected chi connectivity index (χ3v) is 4.34. The van der Waals surface area contributed by atoms with Crippen LogP contribution in [-0.4, -0.2) is 34.3 Å². The average Bonchev–Trinajstić information content (AvgIpc) is 2.79. The molecule has 0 fully saturated rings. The summed E-state index contributed by atoms with van der Waals surface area (Å²) in [6.45, 7) is 0. The molecule has 0 saturated heterocycles. The molecule has 4 rings (SSSR count). The molecule has 2 heterocycles. The second kappa shape index (κ2) is 8.99. The second-order valence-electron chi connectivity index (χ2n) is 6.64. The van der Waals surface area contributed by atoms with E-state index < -0.39 is 6.36 Å². The lowest BCUT2D eigenvalue weighted by atomic mass is 10.2. The van der Waals surface area contributed by atoms with Crippen molar-refractivity contribution in [2.24, 2.45) is 0 Å². The lowest BCUT2D eigenvalue weighted by Crippen LogP contribution is -2.19. The largest absolute Gasteiger partial charge is 0.573 e. The lowest BCUT2D eigenvalue weighted by molar-refractivity contribution is -0.274. The molecular weight excluding hydrogens is 439 g/mol. The van der Waals surface area contributed by atoms with E-state index in [4.69, 9.17) is 4.74 Å². The Morgan fingerprint density at radius 3 is 2.48 bits per heavy atom. The molecule has 33 heavy (non-hydrogen) atoms. The summed E-state index contributed by atoms with van der Waals surface area (Å²) >= 11 is 0. The predicted octanol–water partition coefficient (Wildman–Crippen LogP) is 4.82. The Morgan fingerprint density at radius 2 is 1.76 bits per heavy atom. The Kier molecular flexibility index (Phi) is 5.94. The van der Waals surface area contributed by atoms with Crippen molar-refractivity contribution in [1.82, 2.24) is 20.3 Å². The number of carbonyl (C=O) groups is 1. The van der Waals surface area contributed by atoms with Gasteiger partial charge in [-0.05, 0) is 54.6 Å². The molecular formula is C22H16F3N5O3. The maximum atomic E-state index is 12.3. The number of ether oxygens (including phenoxy) is 2. The van der Waals surface area contributed by atoms with E-state index in [9.17, 15) is 18.0 Å². The highest BCUT2D eigenvalue weighted by molar-refractivity contribution is 5.94. The van der Waals surface area contributed by atoms with E-state index >= 15 is 0 Å². The fraction of sp³-hybridized carbons (Fsp3) is 0.0909. The summed E-state index contributed by atoms with van der Waals surface area (Å²) in [6.07, 6.45) is -1.68. The van der Waals surface area contributed by atoms with Crippen LogP contribution in [0.25, 0.3) is 10.9 Å². The van der Waals surface area contributed by atoms with Crippen molar-refractivity contribution >= 4 is 28.4 Å². The Hall–Kier alpha value is -4.41. The Labute approximate surface area is 185 Å². The number of amides is 1. The van der Waals surface area contributed by atoms with Gasteiger partial charge in [-0.2, -0.15) is 0 Å². The first-order valence-electron chi connectivity index (χ1n) is 9.55. The summed E-state index contributed by atoms with van der Waals surface area (Å²) in [6, 6.07) is 13.6. The number of halogens is 3. The number of aromatic nitrogens is 3. The SMILES string of the molecule is CNC(=O)c1ncccc1Oc1ccc2nc(Nc3ccc(OC(F)(F)F)cc3)ncc2c1. The average molecular weight is 455 g/mol. The van der Waals surface area contributed by atoms with Crippen LogP contribution in [0, 0.1) is 0 Å². The number of hydrogen-bond donors (Lipinski definition) is 2. The van der Waals surface area contributed by atoms with E-state index in [0.717, 1.165) is 0 Å². The minimum Gasteiger partial charge on any atom is -0.455 e. The molecule has 11 heteroatoms. The van der Waals surface area contributed by atoms with Crippen LogP contribution in [0.3, 0.4) is 0 Å². The van der Waals surface area contributed by atoms with Gasteiger partial charge in [0, 0.05) is 30.5 Å². The van der Waals surface area contributed by atoms with Gasteiger partial charge in [0.2, 0.25) is 5.95 Å². The minimum atomic E-state index is -4.75. The van der Waals surface area contributed by atoms with Gasteiger partial charge in [-0.25, -0.2) is 15.0 Å². The number of fused-ring (bicyclic) bond motifs is 1. The highest BCUT2D eigenvalue weighted by Gasteiger charge is 2.30. The molecule has 4 aromatic rings. The van der Waals surface area contributed by atoms with Gasteiger partial charge in [0.1, 0.15) is 11.5 Å². The van der Waals surface area contributed by atoms with Crippen LogP contribution in [0.1, 0.15) is 10.5 Å². The Balaban J connectivity index is 1.50. The normalized spacial score (nSPS) is 11.2. The number of benzene rings is 2.